The lowest BCUT2D eigenvalue weighted by Gasteiger charge is -2.29. The van der Waals surface area contributed by atoms with Gasteiger partial charge in [-0.25, -0.2) is 4.39 Å². The van der Waals surface area contributed by atoms with E-state index in [1.54, 1.807) is 13.0 Å². The van der Waals surface area contributed by atoms with E-state index >= 15 is 0 Å². The van der Waals surface area contributed by atoms with Gasteiger partial charge < -0.3 is 10.8 Å². The molecule has 3 heteroatoms. The van der Waals surface area contributed by atoms with Gasteiger partial charge in [0, 0.05) is 6.54 Å². The maximum atomic E-state index is 13.1. The summed E-state index contributed by atoms with van der Waals surface area (Å²) in [6, 6.07) is 13.5. The van der Waals surface area contributed by atoms with Gasteiger partial charge in [0.2, 0.25) is 0 Å². The SMILES string of the molecule is Cc1cc(F)ccc1C(O)(CN)c1ccccc1. The molecule has 2 nitrogen and oxygen atoms in total. The van der Waals surface area contributed by atoms with E-state index in [1.807, 2.05) is 30.3 Å². The van der Waals surface area contributed by atoms with Crippen molar-refractivity contribution in [2.75, 3.05) is 6.54 Å². The molecule has 0 amide bonds. The van der Waals surface area contributed by atoms with Crippen molar-refractivity contribution in [1.82, 2.24) is 0 Å². The molecule has 0 radical (unpaired) electrons. The third-order valence-corrected chi connectivity index (χ3v) is 3.18. The highest BCUT2D eigenvalue weighted by atomic mass is 19.1. The predicted octanol–water partition coefficient (Wildman–Crippen LogP) is 2.33. The summed E-state index contributed by atoms with van der Waals surface area (Å²) in [5.74, 6) is -0.316. The molecule has 0 aromatic heterocycles. The van der Waals surface area contributed by atoms with Crippen LogP contribution in [0, 0.1) is 12.7 Å². The van der Waals surface area contributed by atoms with E-state index in [4.69, 9.17) is 5.73 Å². The monoisotopic (exact) mass is 245 g/mol. The van der Waals surface area contributed by atoms with Gasteiger partial charge in [0.1, 0.15) is 11.4 Å². The average Bonchev–Trinajstić information content (AvgIpc) is 2.39. The van der Waals surface area contributed by atoms with Crippen LogP contribution >= 0.6 is 0 Å². The Morgan fingerprint density at radius 2 is 1.83 bits per heavy atom. The Labute approximate surface area is 106 Å². The summed E-state index contributed by atoms with van der Waals surface area (Å²) in [7, 11) is 0. The van der Waals surface area contributed by atoms with Gasteiger partial charge in [0.15, 0.2) is 0 Å². The van der Waals surface area contributed by atoms with Crippen molar-refractivity contribution < 1.29 is 9.50 Å². The molecule has 0 saturated heterocycles. The van der Waals surface area contributed by atoms with Gasteiger partial charge in [-0.05, 0) is 35.7 Å². The van der Waals surface area contributed by atoms with Crippen LogP contribution in [0.15, 0.2) is 48.5 Å². The summed E-state index contributed by atoms with van der Waals surface area (Å²) < 4.78 is 13.1. The summed E-state index contributed by atoms with van der Waals surface area (Å²) in [4.78, 5) is 0. The third kappa shape index (κ3) is 2.15. The molecule has 2 rings (SSSR count). The van der Waals surface area contributed by atoms with Crippen molar-refractivity contribution >= 4 is 0 Å². The van der Waals surface area contributed by atoms with Crippen LogP contribution in [-0.4, -0.2) is 11.7 Å². The quantitative estimate of drug-likeness (QED) is 0.871. The molecule has 0 bridgehead atoms. The van der Waals surface area contributed by atoms with E-state index in [1.165, 1.54) is 12.1 Å². The molecule has 1 atom stereocenters. The topological polar surface area (TPSA) is 46.2 Å². The molecular formula is C15H16FNO. The van der Waals surface area contributed by atoms with Crippen LogP contribution in [-0.2, 0) is 5.60 Å². The molecule has 0 spiro atoms. The molecule has 2 aromatic carbocycles. The Balaban J connectivity index is 2.57. The fraction of sp³-hybridized carbons (Fsp3) is 0.200. The van der Waals surface area contributed by atoms with Crippen LogP contribution < -0.4 is 5.73 Å². The first-order valence-electron chi connectivity index (χ1n) is 5.82. The molecule has 0 heterocycles. The molecule has 0 aliphatic rings. The molecule has 2 aromatic rings. The highest BCUT2D eigenvalue weighted by Crippen LogP contribution is 2.31. The highest BCUT2D eigenvalue weighted by molar-refractivity contribution is 5.41. The fourth-order valence-corrected chi connectivity index (χ4v) is 2.19. The van der Waals surface area contributed by atoms with Crippen LogP contribution in [0.1, 0.15) is 16.7 Å². The summed E-state index contributed by atoms with van der Waals surface area (Å²) in [6.45, 7) is 1.81. The van der Waals surface area contributed by atoms with E-state index in [0.717, 1.165) is 0 Å². The zero-order chi connectivity index (χ0) is 13.2. The Morgan fingerprint density at radius 1 is 1.17 bits per heavy atom. The van der Waals surface area contributed by atoms with E-state index in [9.17, 15) is 9.50 Å². The van der Waals surface area contributed by atoms with Crippen molar-refractivity contribution in [2.24, 2.45) is 5.73 Å². The summed E-state index contributed by atoms with van der Waals surface area (Å²) in [6.07, 6.45) is 0. The van der Waals surface area contributed by atoms with Crippen LogP contribution in [0.2, 0.25) is 0 Å². The largest absolute Gasteiger partial charge is 0.379 e. The van der Waals surface area contributed by atoms with Gasteiger partial charge in [-0.3, -0.25) is 0 Å². The van der Waals surface area contributed by atoms with E-state index in [0.29, 0.717) is 16.7 Å². The van der Waals surface area contributed by atoms with Crippen molar-refractivity contribution in [3.63, 3.8) is 0 Å². The Bertz CT molecular complexity index is 541. The minimum atomic E-state index is -1.28. The van der Waals surface area contributed by atoms with Gasteiger partial charge in [-0.15, -0.1) is 0 Å². The Morgan fingerprint density at radius 3 is 2.39 bits per heavy atom. The van der Waals surface area contributed by atoms with Crippen LogP contribution in [0.4, 0.5) is 4.39 Å². The molecule has 0 fully saturated rings. The molecule has 1 unspecified atom stereocenters. The second-order valence-electron chi connectivity index (χ2n) is 4.39. The number of benzene rings is 2. The number of aliphatic hydroxyl groups is 1. The molecular weight excluding hydrogens is 229 g/mol. The van der Waals surface area contributed by atoms with Gasteiger partial charge >= 0.3 is 0 Å². The van der Waals surface area contributed by atoms with Crippen molar-refractivity contribution in [2.45, 2.75) is 12.5 Å². The second-order valence-corrected chi connectivity index (χ2v) is 4.39. The second kappa shape index (κ2) is 4.88. The molecule has 3 N–H and O–H groups in total. The lowest BCUT2D eigenvalue weighted by Crippen LogP contribution is -2.36. The van der Waals surface area contributed by atoms with E-state index < -0.39 is 5.60 Å². The van der Waals surface area contributed by atoms with Crippen LogP contribution in [0.5, 0.6) is 0 Å². The van der Waals surface area contributed by atoms with Gasteiger partial charge in [0.25, 0.3) is 0 Å². The molecule has 0 aliphatic heterocycles. The van der Waals surface area contributed by atoms with Crippen LogP contribution in [0.25, 0.3) is 0 Å². The maximum absolute atomic E-state index is 13.1. The number of nitrogens with two attached hydrogens (primary N) is 1. The minimum Gasteiger partial charge on any atom is -0.379 e. The fourth-order valence-electron chi connectivity index (χ4n) is 2.19. The zero-order valence-corrected chi connectivity index (χ0v) is 10.2. The smallest absolute Gasteiger partial charge is 0.127 e. The van der Waals surface area contributed by atoms with E-state index in [-0.39, 0.29) is 12.4 Å². The summed E-state index contributed by atoms with van der Waals surface area (Å²) >= 11 is 0. The Hall–Kier alpha value is -1.71. The van der Waals surface area contributed by atoms with Crippen molar-refractivity contribution in [3.05, 3.63) is 71.0 Å². The first-order valence-corrected chi connectivity index (χ1v) is 5.82. The summed E-state index contributed by atoms with van der Waals surface area (Å²) in [5, 5.41) is 10.8. The lowest BCUT2D eigenvalue weighted by molar-refractivity contribution is 0.0895. The normalized spacial score (nSPS) is 14.2. The standard InChI is InChI=1S/C15H16FNO/c1-11-9-13(16)7-8-14(11)15(18,10-17)12-5-3-2-4-6-12/h2-9,18H,10,17H2,1H3. The number of aryl methyl sites for hydroxylation is 1. The number of hydrogen-bond acceptors (Lipinski definition) is 2. The van der Waals surface area contributed by atoms with Crippen molar-refractivity contribution in [1.29, 1.82) is 0 Å². The molecule has 94 valence electrons. The van der Waals surface area contributed by atoms with Gasteiger partial charge in [0.05, 0.1) is 0 Å². The van der Waals surface area contributed by atoms with E-state index in [2.05, 4.69) is 0 Å². The first kappa shape index (κ1) is 12.7. The number of halogens is 1. The molecule has 0 saturated carbocycles. The summed E-state index contributed by atoms with van der Waals surface area (Å²) in [5.41, 5.74) is 6.49. The number of hydrogen-bond donors (Lipinski definition) is 2. The third-order valence-electron chi connectivity index (χ3n) is 3.18. The van der Waals surface area contributed by atoms with Gasteiger partial charge in [-0.2, -0.15) is 0 Å². The van der Waals surface area contributed by atoms with Crippen LogP contribution in [0.3, 0.4) is 0 Å². The number of rotatable bonds is 3. The highest BCUT2D eigenvalue weighted by Gasteiger charge is 2.31. The first-order chi connectivity index (χ1) is 8.58. The zero-order valence-electron chi connectivity index (χ0n) is 10.2. The van der Waals surface area contributed by atoms with Gasteiger partial charge in [-0.1, -0.05) is 36.4 Å². The molecule has 0 aliphatic carbocycles. The predicted molar refractivity (Wildman–Crippen MR) is 69.6 cm³/mol. The minimum absolute atomic E-state index is 0.0451. The van der Waals surface area contributed by atoms with Crippen molar-refractivity contribution in [3.8, 4) is 0 Å². The lowest BCUT2D eigenvalue weighted by atomic mass is 9.84. The maximum Gasteiger partial charge on any atom is 0.127 e. The average molecular weight is 245 g/mol. The molecule has 18 heavy (non-hydrogen) atoms. The Kier molecular flexibility index (Phi) is 3.45.